The van der Waals surface area contributed by atoms with E-state index in [1.165, 1.54) is 19.3 Å². The number of hydrogen-bond donors (Lipinski definition) is 2. The summed E-state index contributed by atoms with van der Waals surface area (Å²) >= 11 is 0. The van der Waals surface area contributed by atoms with Gasteiger partial charge in [0.2, 0.25) is 0 Å². The van der Waals surface area contributed by atoms with Crippen LogP contribution in [0.1, 0.15) is 53.4 Å². The second kappa shape index (κ2) is 6.76. The van der Waals surface area contributed by atoms with E-state index in [-0.39, 0.29) is 6.10 Å². The predicted molar refractivity (Wildman–Crippen MR) is 84.8 cm³/mol. The molecule has 2 aliphatic rings. The molecule has 2 fully saturated rings. The smallest absolute Gasteiger partial charge is 0.0693 e. The number of β-amino-alcohol motifs (C(OH)–C–C–N with tert-alkyl or cyclic N) is 1. The van der Waals surface area contributed by atoms with Crippen molar-refractivity contribution in [2.24, 2.45) is 17.3 Å². The van der Waals surface area contributed by atoms with Gasteiger partial charge < -0.3 is 15.3 Å². The minimum atomic E-state index is -0.127. The number of likely N-dealkylation sites (tertiary alicyclic amines) is 1. The minimum absolute atomic E-state index is 0.127. The molecule has 3 nitrogen and oxygen atoms in total. The van der Waals surface area contributed by atoms with E-state index in [4.69, 9.17) is 0 Å². The predicted octanol–water partition coefficient (Wildman–Crippen LogP) is 2.49. The van der Waals surface area contributed by atoms with Crippen LogP contribution in [0.4, 0.5) is 0 Å². The summed E-state index contributed by atoms with van der Waals surface area (Å²) in [6.45, 7) is 13.5. The third kappa shape index (κ3) is 4.19. The molecule has 1 heterocycles. The zero-order chi connectivity index (χ0) is 14.8. The molecule has 0 spiro atoms. The lowest BCUT2D eigenvalue weighted by Crippen LogP contribution is -2.51. The van der Waals surface area contributed by atoms with Crippen molar-refractivity contribution < 1.29 is 5.11 Å². The van der Waals surface area contributed by atoms with E-state index in [0.717, 1.165) is 38.5 Å². The maximum absolute atomic E-state index is 10.1. The molecule has 2 rings (SSSR count). The molecule has 2 N–H and O–H groups in total. The summed E-state index contributed by atoms with van der Waals surface area (Å²) in [6, 6.07) is 0.671. The molecule has 1 saturated heterocycles. The highest BCUT2D eigenvalue weighted by molar-refractivity contribution is 4.91. The normalized spacial score (nSPS) is 38.9. The number of aliphatic hydroxyl groups is 1. The van der Waals surface area contributed by atoms with Crippen molar-refractivity contribution in [3.8, 4) is 0 Å². The third-order valence-corrected chi connectivity index (χ3v) is 5.48. The lowest BCUT2D eigenvalue weighted by molar-refractivity contribution is 0.0103. The quantitative estimate of drug-likeness (QED) is 0.831. The molecule has 0 radical (unpaired) electrons. The first-order chi connectivity index (χ1) is 9.41. The molecule has 20 heavy (non-hydrogen) atoms. The van der Waals surface area contributed by atoms with E-state index < -0.39 is 0 Å². The molecule has 3 heteroatoms. The Balaban J connectivity index is 1.93. The Morgan fingerprint density at radius 2 is 2.05 bits per heavy atom. The van der Waals surface area contributed by atoms with E-state index in [0.29, 0.717) is 17.4 Å². The highest BCUT2D eigenvalue weighted by atomic mass is 16.3. The number of nitrogens with one attached hydrogen (secondary N) is 1. The molecule has 0 aromatic rings. The van der Waals surface area contributed by atoms with Crippen LogP contribution >= 0.6 is 0 Å². The Hall–Kier alpha value is -0.120. The standard InChI is InChI=1S/C17H34N2O/c1-5-18-15-6-8-17(3,4)10-14(15)11-19-9-7-13(2)16(20)12-19/h13-16,18,20H,5-12H2,1-4H3. The summed E-state index contributed by atoms with van der Waals surface area (Å²) in [7, 11) is 0. The summed E-state index contributed by atoms with van der Waals surface area (Å²) in [5.74, 6) is 1.21. The molecule has 0 amide bonds. The Bertz CT molecular complexity index is 305. The second-order valence-electron chi connectivity index (χ2n) is 7.92. The van der Waals surface area contributed by atoms with Gasteiger partial charge in [-0.25, -0.2) is 0 Å². The fourth-order valence-electron chi connectivity index (χ4n) is 4.07. The molecule has 4 atom stereocenters. The van der Waals surface area contributed by atoms with E-state index in [1.807, 2.05) is 0 Å². The molecular weight excluding hydrogens is 248 g/mol. The van der Waals surface area contributed by atoms with Gasteiger partial charge in [-0.1, -0.05) is 27.7 Å². The van der Waals surface area contributed by atoms with Crippen LogP contribution in [-0.2, 0) is 0 Å². The highest BCUT2D eigenvalue weighted by Gasteiger charge is 2.36. The second-order valence-corrected chi connectivity index (χ2v) is 7.92. The highest BCUT2D eigenvalue weighted by Crippen LogP contribution is 2.39. The van der Waals surface area contributed by atoms with Crippen LogP contribution in [0.5, 0.6) is 0 Å². The fourth-order valence-corrected chi connectivity index (χ4v) is 4.07. The van der Waals surface area contributed by atoms with Crippen molar-refractivity contribution in [2.75, 3.05) is 26.2 Å². The third-order valence-electron chi connectivity index (χ3n) is 5.48. The number of rotatable bonds is 4. The van der Waals surface area contributed by atoms with Crippen molar-refractivity contribution in [3.05, 3.63) is 0 Å². The first-order valence-corrected chi connectivity index (χ1v) is 8.55. The summed E-state index contributed by atoms with van der Waals surface area (Å²) < 4.78 is 0. The first-order valence-electron chi connectivity index (χ1n) is 8.55. The van der Waals surface area contributed by atoms with Gasteiger partial charge in [0.05, 0.1) is 6.10 Å². The first kappa shape index (κ1) is 16.3. The molecule has 0 aromatic carbocycles. The van der Waals surface area contributed by atoms with E-state index in [1.54, 1.807) is 0 Å². The Morgan fingerprint density at radius 3 is 2.70 bits per heavy atom. The fraction of sp³-hybridized carbons (Fsp3) is 1.00. The molecule has 4 unspecified atom stereocenters. The van der Waals surface area contributed by atoms with E-state index in [9.17, 15) is 5.11 Å². The maximum Gasteiger partial charge on any atom is 0.0693 e. The molecule has 0 aromatic heterocycles. The van der Waals surface area contributed by atoms with Crippen molar-refractivity contribution in [1.29, 1.82) is 0 Å². The summed E-state index contributed by atoms with van der Waals surface area (Å²) in [5.41, 5.74) is 0.484. The van der Waals surface area contributed by atoms with Crippen molar-refractivity contribution in [3.63, 3.8) is 0 Å². The Labute approximate surface area is 125 Å². The van der Waals surface area contributed by atoms with Gasteiger partial charge in [0.25, 0.3) is 0 Å². The van der Waals surface area contributed by atoms with Gasteiger partial charge in [-0.3, -0.25) is 0 Å². The van der Waals surface area contributed by atoms with Crippen LogP contribution < -0.4 is 5.32 Å². The van der Waals surface area contributed by atoms with Gasteiger partial charge in [0.1, 0.15) is 0 Å². The van der Waals surface area contributed by atoms with Gasteiger partial charge in [-0.05, 0) is 56.0 Å². The largest absolute Gasteiger partial charge is 0.392 e. The van der Waals surface area contributed by atoms with Gasteiger partial charge in [0, 0.05) is 19.1 Å². The summed E-state index contributed by atoms with van der Waals surface area (Å²) in [5, 5.41) is 13.8. The lowest BCUT2D eigenvalue weighted by atomic mass is 9.69. The minimum Gasteiger partial charge on any atom is -0.392 e. The molecule has 0 bridgehead atoms. The van der Waals surface area contributed by atoms with Crippen LogP contribution in [0.2, 0.25) is 0 Å². The van der Waals surface area contributed by atoms with Crippen LogP contribution in [-0.4, -0.2) is 48.3 Å². The summed E-state index contributed by atoms with van der Waals surface area (Å²) in [4.78, 5) is 2.50. The van der Waals surface area contributed by atoms with E-state index in [2.05, 4.69) is 37.9 Å². The van der Waals surface area contributed by atoms with Crippen molar-refractivity contribution >= 4 is 0 Å². The molecule has 1 aliphatic heterocycles. The van der Waals surface area contributed by atoms with E-state index >= 15 is 0 Å². The number of nitrogens with zero attached hydrogens (tertiary/aromatic N) is 1. The lowest BCUT2D eigenvalue weighted by Gasteiger charge is -2.44. The zero-order valence-electron chi connectivity index (χ0n) is 13.9. The van der Waals surface area contributed by atoms with Gasteiger partial charge in [-0.2, -0.15) is 0 Å². The van der Waals surface area contributed by atoms with Gasteiger partial charge in [0.15, 0.2) is 0 Å². The SMILES string of the molecule is CCNC1CCC(C)(C)CC1CN1CCC(C)C(O)C1. The molecule has 118 valence electrons. The monoisotopic (exact) mass is 282 g/mol. The number of aliphatic hydroxyl groups excluding tert-OH is 1. The van der Waals surface area contributed by atoms with Crippen molar-refractivity contribution in [2.45, 2.75) is 65.5 Å². The van der Waals surface area contributed by atoms with Crippen LogP contribution in [0.25, 0.3) is 0 Å². The average Bonchev–Trinajstić information content (AvgIpc) is 2.37. The van der Waals surface area contributed by atoms with Crippen LogP contribution in [0.3, 0.4) is 0 Å². The molecular formula is C17H34N2O. The van der Waals surface area contributed by atoms with Gasteiger partial charge in [-0.15, -0.1) is 0 Å². The molecule has 1 saturated carbocycles. The molecule has 1 aliphatic carbocycles. The Morgan fingerprint density at radius 1 is 1.30 bits per heavy atom. The van der Waals surface area contributed by atoms with Crippen molar-refractivity contribution in [1.82, 2.24) is 10.2 Å². The van der Waals surface area contributed by atoms with Crippen LogP contribution in [0.15, 0.2) is 0 Å². The topological polar surface area (TPSA) is 35.5 Å². The maximum atomic E-state index is 10.1. The average molecular weight is 282 g/mol. The van der Waals surface area contributed by atoms with Gasteiger partial charge >= 0.3 is 0 Å². The van der Waals surface area contributed by atoms with Crippen LogP contribution in [0, 0.1) is 17.3 Å². The summed E-state index contributed by atoms with van der Waals surface area (Å²) in [6.07, 6.45) is 4.97. The number of piperidine rings is 1. The zero-order valence-corrected chi connectivity index (χ0v) is 13.9. The number of hydrogen-bond acceptors (Lipinski definition) is 3. The Kier molecular flexibility index (Phi) is 5.49.